The molecular weight excluding hydrogens is 450 g/mol. The number of thioether (sulfide) groups is 1. The number of amides is 2. The number of rotatable bonds is 6. The molecule has 0 spiro atoms. The van der Waals surface area contributed by atoms with Gasteiger partial charge in [0.2, 0.25) is 11.8 Å². The van der Waals surface area contributed by atoms with Crippen molar-refractivity contribution in [2.75, 3.05) is 11.9 Å². The first-order valence-electron chi connectivity index (χ1n) is 9.51. The molecular formula is C22H24BrN3O2S. The molecule has 0 saturated carbocycles. The Morgan fingerprint density at radius 2 is 2.00 bits per heavy atom. The number of nitrogens with zero attached hydrogens (tertiary/aromatic N) is 2. The van der Waals surface area contributed by atoms with Crippen LogP contribution in [-0.2, 0) is 9.59 Å². The van der Waals surface area contributed by atoms with Gasteiger partial charge >= 0.3 is 0 Å². The van der Waals surface area contributed by atoms with Crippen LogP contribution in [0.3, 0.4) is 0 Å². The molecule has 29 heavy (non-hydrogen) atoms. The molecule has 2 amide bonds. The SMILES string of the molecule is Cc1cccc(N=C2S[C@@H](CC(=O)Nc3ccccc3Br)C(=O)N2CC(C)C)c1. The van der Waals surface area contributed by atoms with Gasteiger partial charge in [0.15, 0.2) is 5.17 Å². The summed E-state index contributed by atoms with van der Waals surface area (Å²) in [6, 6.07) is 15.3. The molecule has 2 aromatic carbocycles. The molecule has 0 radical (unpaired) electrons. The van der Waals surface area contributed by atoms with Gasteiger partial charge in [-0.25, -0.2) is 4.99 Å². The van der Waals surface area contributed by atoms with Crippen LogP contribution in [0.5, 0.6) is 0 Å². The van der Waals surface area contributed by atoms with Gasteiger partial charge < -0.3 is 5.32 Å². The molecule has 7 heteroatoms. The summed E-state index contributed by atoms with van der Waals surface area (Å²) in [5, 5.41) is 3.06. The second-order valence-corrected chi connectivity index (χ2v) is 9.44. The molecule has 0 bridgehead atoms. The van der Waals surface area contributed by atoms with Crippen molar-refractivity contribution in [3.8, 4) is 0 Å². The molecule has 0 aliphatic carbocycles. The van der Waals surface area contributed by atoms with Crippen LogP contribution in [-0.4, -0.2) is 33.7 Å². The first-order chi connectivity index (χ1) is 13.8. The van der Waals surface area contributed by atoms with E-state index in [-0.39, 0.29) is 18.2 Å². The zero-order valence-corrected chi connectivity index (χ0v) is 19.1. The van der Waals surface area contributed by atoms with E-state index < -0.39 is 5.25 Å². The van der Waals surface area contributed by atoms with Crippen molar-refractivity contribution in [1.29, 1.82) is 0 Å². The van der Waals surface area contributed by atoms with Crippen LogP contribution in [0.25, 0.3) is 0 Å². The van der Waals surface area contributed by atoms with Gasteiger partial charge in [-0.1, -0.05) is 49.9 Å². The largest absolute Gasteiger partial charge is 0.325 e. The summed E-state index contributed by atoms with van der Waals surface area (Å²) in [5.41, 5.74) is 2.62. The van der Waals surface area contributed by atoms with Gasteiger partial charge in [0, 0.05) is 17.4 Å². The van der Waals surface area contributed by atoms with Gasteiger partial charge in [0.25, 0.3) is 0 Å². The van der Waals surface area contributed by atoms with Gasteiger partial charge in [-0.05, 0) is 58.6 Å². The van der Waals surface area contributed by atoms with Crippen molar-refractivity contribution in [1.82, 2.24) is 4.90 Å². The second kappa shape index (κ2) is 9.59. The Morgan fingerprint density at radius 1 is 1.24 bits per heavy atom. The molecule has 152 valence electrons. The third kappa shape index (κ3) is 5.70. The standard InChI is InChI=1S/C22H24BrN3O2S/c1-14(2)13-26-21(28)19(12-20(27)25-18-10-5-4-9-17(18)23)29-22(26)24-16-8-6-7-15(3)11-16/h4-11,14,19H,12-13H2,1-3H3,(H,25,27)/t19-/m0/s1. The van der Waals surface area contributed by atoms with Crippen LogP contribution < -0.4 is 5.32 Å². The Kier molecular flexibility index (Phi) is 7.14. The van der Waals surface area contributed by atoms with E-state index in [9.17, 15) is 9.59 Å². The number of aliphatic imine (C=N–C) groups is 1. The molecule has 1 fully saturated rings. The highest BCUT2D eigenvalue weighted by atomic mass is 79.9. The van der Waals surface area contributed by atoms with Gasteiger partial charge in [-0.15, -0.1) is 0 Å². The number of carbonyl (C=O) groups excluding carboxylic acids is 2. The molecule has 1 aliphatic rings. The monoisotopic (exact) mass is 473 g/mol. The highest BCUT2D eigenvalue weighted by Gasteiger charge is 2.39. The normalized spacial score (nSPS) is 18.0. The maximum absolute atomic E-state index is 13.0. The van der Waals surface area contributed by atoms with Gasteiger partial charge in [0.05, 0.1) is 11.4 Å². The lowest BCUT2D eigenvalue weighted by molar-refractivity contribution is -0.128. The lowest BCUT2D eigenvalue weighted by atomic mass is 10.2. The van der Waals surface area contributed by atoms with Crippen molar-refractivity contribution < 1.29 is 9.59 Å². The lowest BCUT2D eigenvalue weighted by Gasteiger charge is -2.18. The Bertz CT molecular complexity index is 945. The van der Waals surface area contributed by atoms with Gasteiger partial charge in [-0.2, -0.15) is 0 Å². The second-order valence-electron chi connectivity index (χ2n) is 7.41. The molecule has 3 rings (SSSR count). The Morgan fingerprint density at radius 3 is 2.69 bits per heavy atom. The molecule has 2 aromatic rings. The summed E-state index contributed by atoms with van der Waals surface area (Å²) in [5.74, 6) is 0.0524. The van der Waals surface area contributed by atoms with Crippen LogP contribution in [0.4, 0.5) is 11.4 Å². The highest BCUT2D eigenvalue weighted by molar-refractivity contribution is 9.10. The average Bonchev–Trinajstić information content (AvgIpc) is 2.92. The lowest BCUT2D eigenvalue weighted by Crippen LogP contribution is -2.36. The number of amidine groups is 1. The minimum atomic E-state index is -0.472. The van der Waals surface area contributed by atoms with E-state index in [4.69, 9.17) is 4.99 Å². The topological polar surface area (TPSA) is 61.8 Å². The number of anilines is 1. The molecule has 5 nitrogen and oxygen atoms in total. The number of aryl methyl sites for hydroxylation is 1. The first-order valence-corrected chi connectivity index (χ1v) is 11.2. The van der Waals surface area contributed by atoms with Crippen LogP contribution >= 0.6 is 27.7 Å². The number of para-hydroxylation sites is 1. The minimum Gasteiger partial charge on any atom is -0.325 e. The van der Waals surface area contributed by atoms with Crippen LogP contribution in [0.15, 0.2) is 58.0 Å². The fourth-order valence-electron chi connectivity index (χ4n) is 3.00. The maximum Gasteiger partial charge on any atom is 0.242 e. The van der Waals surface area contributed by atoms with Crippen molar-refractivity contribution in [2.45, 2.75) is 32.4 Å². The number of hydrogen-bond acceptors (Lipinski definition) is 4. The molecule has 1 aliphatic heterocycles. The molecule has 1 heterocycles. The Hall–Kier alpha value is -2.12. The van der Waals surface area contributed by atoms with Crippen molar-refractivity contribution in [2.24, 2.45) is 10.9 Å². The summed E-state index contributed by atoms with van der Waals surface area (Å²) in [7, 11) is 0. The fourth-order valence-corrected chi connectivity index (χ4v) is 4.55. The van der Waals surface area contributed by atoms with Crippen LogP contribution in [0, 0.1) is 12.8 Å². The molecule has 0 unspecified atom stereocenters. The number of halogens is 1. The predicted octanol–water partition coefficient (Wildman–Crippen LogP) is 5.37. The molecule has 1 N–H and O–H groups in total. The fraction of sp³-hybridized carbons (Fsp3) is 0.318. The quantitative estimate of drug-likeness (QED) is 0.612. The van der Waals surface area contributed by atoms with E-state index in [1.807, 2.05) is 55.5 Å². The van der Waals surface area contributed by atoms with Crippen LogP contribution in [0.1, 0.15) is 25.8 Å². The van der Waals surface area contributed by atoms with Crippen molar-refractivity contribution in [3.63, 3.8) is 0 Å². The van der Waals surface area contributed by atoms with E-state index in [2.05, 4.69) is 35.1 Å². The van der Waals surface area contributed by atoms with Gasteiger partial charge in [-0.3, -0.25) is 14.5 Å². The van der Waals surface area contributed by atoms with E-state index in [0.29, 0.717) is 23.3 Å². The highest BCUT2D eigenvalue weighted by Crippen LogP contribution is 2.33. The Labute approximate surface area is 184 Å². The zero-order valence-electron chi connectivity index (χ0n) is 16.7. The third-order valence-corrected chi connectivity index (χ3v) is 6.18. The molecule has 1 atom stereocenters. The third-order valence-electron chi connectivity index (χ3n) is 4.31. The Balaban J connectivity index is 1.77. The van der Waals surface area contributed by atoms with E-state index >= 15 is 0 Å². The number of benzene rings is 2. The number of nitrogens with one attached hydrogen (secondary N) is 1. The predicted molar refractivity (Wildman–Crippen MR) is 124 cm³/mol. The number of hydrogen-bond donors (Lipinski definition) is 1. The summed E-state index contributed by atoms with van der Waals surface area (Å²) < 4.78 is 0.807. The van der Waals surface area contributed by atoms with E-state index in [1.165, 1.54) is 11.8 Å². The first kappa shape index (κ1) is 21.6. The summed E-state index contributed by atoms with van der Waals surface area (Å²) in [4.78, 5) is 32.0. The van der Waals surface area contributed by atoms with Crippen LogP contribution in [0.2, 0.25) is 0 Å². The smallest absolute Gasteiger partial charge is 0.242 e. The van der Waals surface area contributed by atoms with Crippen molar-refractivity contribution in [3.05, 3.63) is 58.6 Å². The summed E-state index contributed by atoms with van der Waals surface area (Å²) >= 11 is 4.79. The average molecular weight is 474 g/mol. The minimum absolute atomic E-state index is 0.0580. The van der Waals surface area contributed by atoms with E-state index in [0.717, 1.165) is 15.7 Å². The van der Waals surface area contributed by atoms with E-state index in [1.54, 1.807) is 4.90 Å². The molecule has 1 saturated heterocycles. The summed E-state index contributed by atoms with van der Waals surface area (Å²) in [6.07, 6.45) is 0.103. The summed E-state index contributed by atoms with van der Waals surface area (Å²) in [6.45, 7) is 6.72. The van der Waals surface area contributed by atoms with Gasteiger partial charge in [0.1, 0.15) is 5.25 Å². The van der Waals surface area contributed by atoms with Crippen molar-refractivity contribution >= 4 is 56.0 Å². The maximum atomic E-state index is 13.0. The molecule has 0 aromatic heterocycles. The zero-order chi connectivity index (χ0) is 21.0. The number of carbonyl (C=O) groups is 2.